The van der Waals surface area contributed by atoms with E-state index in [4.69, 9.17) is 0 Å². The minimum Gasteiger partial charge on any atom is -0.249 e. The van der Waals surface area contributed by atoms with Gasteiger partial charge in [0.2, 0.25) is 0 Å². The molecule has 1 N–H and O–H groups in total. The third-order valence-electron chi connectivity index (χ3n) is 2.34. The fraction of sp³-hybridized carbons (Fsp3) is 0.889. The normalized spacial score (nSPS) is 23.8. The molecule has 0 fully saturated rings. The van der Waals surface area contributed by atoms with Crippen molar-refractivity contribution >= 4 is 6.34 Å². The number of rotatable bonds is 4. The molecular formula is C9H20N2+2. The average Bonchev–Trinajstić information content (AvgIpc) is 2.48. The Kier molecular flexibility index (Phi) is 3.57. The van der Waals surface area contributed by atoms with E-state index in [0.29, 0.717) is 0 Å². The summed E-state index contributed by atoms with van der Waals surface area (Å²) in [6, 6.07) is 0. The molecule has 2 heteroatoms. The van der Waals surface area contributed by atoms with Gasteiger partial charge in [-0.1, -0.05) is 13.3 Å². The van der Waals surface area contributed by atoms with Gasteiger partial charge in [0.25, 0.3) is 0 Å². The van der Waals surface area contributed by atoms with Crippen LogP contribution in [-0.2, 0) is 0 Å². The molecule has 0 aliphatic carbocycles. The van der Waals surface area contributed by atoms with E-state index in [0.717, 1.165) is 0 Å². The van der Waals surface area contributed by atoms with Crippen LogP contribution in [0.4, 0.5) is 0 Å². The van der Waals surface area contributed by atoms with E-state index < -0.39 is 0 Å². The van der Waals surface area contributed by atoms with Crippen LogP contribution < -0.4 is 4.90 Å². The highest BCUT2D eigenvalue weighted by molar-refractivity contribution is 5.36. The number of nitrogens with zero attached hydrogens (tertiary/aromatic N) is 1. The SMILES string of the molecule is CCCC[N+]1=C[NH+](CC)CC1. The minimum absolute atomic E-state index is 1.24. The van der Waals surface area contributed by atoms with Crippen molar-refractivity contribution in [2.24, 2.45) is 0 Å². The molecule has 1 atom stereocenters. The molecule has 0 amide bonds. The zero-order chi connectivity index (χ0) is 8.10. The van der Waals surface area contributed by atoms with Crippen molar-refractivity contribution in [3.63, 3.8) is 0 Å². The second-order valence-corrected chi connectivity index (χ2v) is 3.28. The first-order valence-corrected chi connectivity index (χ1v) is 4.80. The lowest BCUT2D eigenvalue weighted by Crippen LogP contribution is -3.09. The van der Waals surface area contributed by atoms with Crippen LogP contribution in [0.5, 0.6) is 0 Å². The zero-order valence-corrected chi connectivity index (χ0v) is 7.77. The van der Waals surface area contributed by atoms with E-state index in [1.165, 1.54) is 39.0 Å². The first-order valence-electron chi connectivity index (χ1n) is 4.80. The topological polar surface area (TPSA) is 7.45 Å². The Morgan fingerprint density at radius 3 is 2.82 bits per heavy atom. The van der Waals surface area contributed by atoms with E-state index >= 15 is 0 Å². The van der Waals surface area contributed by atoms with Crippen LogP contribution in [0.2, 0.25) is 0 Å². The summed E-state index contributed by atoms with van der Waals surface area (Å²) in [6.07, 6.45) is 5.01. The van der Waals surface area contributed by atoms with Gasteiger partial charge in [-0.3, -0.25) is 0 Å². The Morgan fingerprint density at radius 1 is 1.45 bits per heavy atom. The third-order valence-corrected chi connectivity index (χ3v) is 2.34. The van der Waals surface area contributed by atoms with Crippen molar-refractivity contribution in [2.75, 3.05) is 26.2 Å². The quantitative estimate of drug-likeness (QED) is 0.537. The van der Waals surface area contributed by atoms with Crippen LogP contribution in [0, 0.1) is 0 Å². The Hall–Kier alpha value is -0.370. The van der Waals surface area contributed by atoms with Crippen molar-refractivity contribution in [1.29, 1.82) is 0 Å². The molecule has 0 saturated carbocycles. The van der Waals surface area contributed by atoms with Gasteiger partial charge in [-0.25, -0.2) is 4.90 Å². The molecule has 1 aliphatic rings. The Balaban J connectivity index is 2.24. The van der Waals surface area contributed by atoms with Crippen LogP contribution in [0.25, 0.3) is 0 Å². The summed E-state index contributed by atoms with van der Waals surface area (Å²) in [5, 5.41) is 0. The second kappa shape index (κ2) is 4.50. The summed E-state index contributed by atoms with van der Waals surface area (Å²) in [5.41, 5.74) is 0. The molecule has 0 spiro atoms. The van der Waals surface area contributed by atoms with Crippen LogP contribution in [-0.4, -0.2) is 37.1 Å². The highest BCUT2D eigenvalue weighted by Gasteiger charge is 2.20. The smallest absolute Gasteiger partial charge is 0.249 e. The van der Waals surface area contributed by atoms with Gasteiger partial charge in [0.1, 0.15) is 13.1 Å². The predicted octanol–water partition coefficient (Wildman–Crippen LogP) is -0.254. The molecule has 1 unspecified atom stereocenters. The molecule has 0 saturated heterocycles. The number of likely N-dealkylation sites (N-methyl/N-ethyl adjacent to an activating group) is 1. The molecule has 1 aliphatic heterocycles. The van der Waals surface area contributed by atoms with Gasteiger partial charge in [0.15, 0.2) is 6.54 Å². The van der Waals surface area contributed by atoms with Crippen molar-refractivity contribution in [2.45, 2.75) is 26.7 Å². The molecule has 64 valence electrons. The molecule has 2 nitrogen and oxygen atoms in total. The summed E-state index contributed by atoms with van der Waals surface area (Å²) in [4.78, 5) is 1.63. The molecular weight excluding hydrogens is 136 g/mol. The first kappa shape index (κ1) is 8.72. The maximum absolute atomic E-state index is 2.46. The number of unbranched alkanes of at least 4 members (excludes halogenated alkanes) is 1. The van der Waals surface area contributed by atoms with Crippen molar-refractivity contribution < 1.29 is 9.48 Å². The van der Waals surface area contributed by atoms with Gasteiger partial charge < -0.3 is 0 Å². The Morgan fingerprint density at radius 2 is 2.27 bits per heavy atom. The summed E-state index contributed by atoms with van der Waals surface area (Å²) < 4.78 is 2.46. The van der Waals surface area contributed by atoms with E-state index in [9.17, 15) is 0 Å². The van der Waals surface area contributed by atoms with Crippen LogP contribution >= 0.6 is 0 Å². The van der Waals surface area contributed by atoms with Gasteiger partial charge in [-0.15, -0.1) is 0 Å². The van der Waals surface area contributed by atoms with E-state index in [-0.39, 0.29) is 0 Å². The fourth-order valence-electron chi connectivity index (χ4n) is 1.48. The molecule has 11 heavy (non-hydrogen) atoms. The van der Waals surface area contributed by atoms with Gasteiger partial charge in [-0.05, 0) is 6.92 Å². The van der Waals surface area contributed by atoms with Crippen LogP contribution in [0.15, 0.2) is 0 Å². The average molecular weight is 156 g/mol. The van der Waals surface area contributed by atoms with Crippen molar-refractivity contribution in [3.05, 3.63) is 0 Å². The van der Waals surface area contributed by atoms with Crippen LogP contribution in [0.1, 0.15) is 26.7 Å². The monoisotopic (exact) mass is 156 g/mol. The van der Waals surface area contributed by atoms with E-state index in [2.05, 4.69) is 24.8 Å². The Labute approximate surface area is 69.5 Å². The second-order valence-electron chi connectivity index (χ2n) is 3.28. The zero-order valence-electron chi connectivity index (χ0n) is 7.77. The van der Waals surface area contributed by atoms with Crippen molar-refractivity contribution in [3.8, 4) is 0 Å². The van der Waals surface area contributed by atoms with Crippen molar-refractivity contribution in [1.82, 2.24) is 0 Å². The number of hydrogen-bond donors (Lipinski definition) is 1. The van der Waals surface area contributed by atoms with Gasteiger partial charge in [-0.2, -0.15) is 4.58 Å². The maximum Gasteiger partial charge on any atom is 0.325 e. The predicted molar refractivity (Wildman–Crippen MR) is 47.3 cm³/mol. The molecule has 1 heterocycles. The highest BCUT2D eigenvalue weighted by atomic mass is 15.3. The molecule has 0 aromatic heterocycles. The fourth-order valence-corrected chi connectivity index (χ4v) is 1.48. The molecule has 0 bridgehead atoms. The summed E-state index contributed by atoms with van der Waals surface area (Å²) >= 11 is 0. The van der Waals surface area contributed by atoms with E-state index in [1.54, 1.807) is 4.90 Å². The number of nitrogens with one attached hydrogen (secondary N) is 1. The summed E-state index contributed by atoms with van der Waals surface area (Å²) in [7, 11) is 0. The summed E-state index contributed by atoms with van der Waals surface area (Å²) in [5.74, 6) is 0. The van der Waals surface area contributed by atoms with Gasteiger partial charge in [0.05, 0.1) is 6.54 Å². The Bertz CT molecular complexity index is 140. The minimum atomic E-state index is 1.24. The standard InChI is InChI=1S/C9H19N2/c1-3-5-6-11-8-7-10(4-2)9-11/h9H,3-8H2,1-2H3/q+1/p+1. The lowest BCUT2D eigenvalue weighted by atomic mass is 10.3. The number of quaternary nitrogens is 1. The maximum atomic E-state index is 2.46. The first-order chi connectivity index (χ1) is 5.36. The lowest BCUT2D eigenvalue weighted by molar-refractivity contribution is -0.791. The summed E-state index contributed by atoms with van der Waals surface area (Å²) in [6.45, 7) is 9.57. The van der Waals surface area contributed by atoms with Gasteiger partial charge in [0, 0.05) is 6.42 Å². The third kappa shape index (κ3) is 2.62. The molecule has 0 radical (unpaired) electrons. The number of hydrogen-bond acceptors (Lipinski definition) is 0. The molecule has 1 rings (SSSR count). The lowest BCUT2D eigenvalue weighted by Gasteiger charge is -1.96. The van der Waals surface area contributed by atoms with E-state index in [1.807, 2.05) is 0 Å². The van der Waals surface area contributed by atoms with Crippen LogP contribution in [0.3, 0.4) is 0 Å². The van der Waals surface area contributed by atoms with Gasteiger partial charge >= 0.3 is 6.34 Å². The highest BCUT2D eigenvalue weighted by Crippen LogP contribution is 1.87. The molecule has 0 aromatic carbocycles. The molecule has 0 aromatic rings. The largest absolute Gasteiger partial charge is 0.325 e.